The highest BCUT2D eigenvalue weighted by Gasteiger charge is 2.31. The van der Waals surface area contributed by atoms with E-state index in [0.29, 0.717) is 12.8 Å². The van der Waals surface area contributed by atoms with Gasteiger partial charge in [0.15, 0.2) is 11.4 Å². The van der Waals surface area contributed by atoms with Crippen molar-refractivity contribution in [2.75, 3.05) is 18.6 Å². The summed E-state index contributed by atoms with van der Waals surface area (Å²) in [4.78, 5) is 12.5. The first kappa shape index (κ1) is 20.2. The number of nitrogens with one attached hydrogen (secondary N) is 1. The predicted octanol–water partition coefficient (Wildman–Crippen LogP) is 2.21. The Kier molecular flexibility index (Phi) is 5.37. The molecule has 1 fully saturated rings. The summed E-state index contributed by atoms with van der Waals surface area (Å²) in [6.45, 7) is 0. The number of rotatable bonds is 4. The first-order valence-corrected chi connectivity index (χ1v) is 10.2. The third-order valence-electron chi connectivity index (χ3n) is 4.44. The van der Waals surface area contributed by atoms with Crippen LogP contribution in [0.15, 0.2) is 30.5 Å². The maximum absolute atomic E-state index is 12.9. The van der Waals surface area contributed by atoms with Crippen LogP contribution >= 0.6 is 0 Å². The standard InChI is InChI=1S/C17H18F3N3O4S/c1-27-14-10-23(13-4-2-3-11(9-13)17(18,19)20)22-15(14)16(24)21-12-5-7-28(25,26)8-6-12/h2-4,9-10,12H,5-8H2,1H3,(H,21,24). The number of benzene rings is 1. The molecule has 1 saturated heterocycles. The fraction of sp³-hybridized carbons (Fsp3) is 0.412. The van der Waals surface area contributed by atoms with Gasteiger partial charge in [0.2, 0.25) is 0 Å². The Morgan fingerprint density at radius 2 is 1.96 bits per heavy atom. The lowest BCUT2D eigenvalue weighted by molar-refractivity contribution is -0.137. The van der Waals surface area contributed by atoms with E-state index in [2.05, 4.69) is 10.4 Å². The van der Waals surface area contributed by atoms with Gasteiger partial charge in [0.25, 0.3) is 5.91 Å². The third-order valence-corrected chi connectivity index (χ3v) is 6.16. The number of ether oxygens (including phenoxy) is 1. The summed E-state index contributed by atoms with van der Waals surface area (Å²) in [5.74, 6) is -0.494. The molecule has 1 N–H and O–H groups in total. The molecule has 0 saturated carbocycles. The van der Waals surface area contributed by atoms with Gasteiger partial charge in [0.05, 0.1) is 36.1 Å². The number of aromatic nitrogens is 2. The highest BCUT2D eigenvalue weighted by atomic mass is 32.2. The molecule has 28 heavy (non-hydrogen) atoms. The minimum absolute atomic E-state index is 0.00619. The highest BCUT2D eigenvalue weighted by molar-refractivity contribution is 7.91. The van der Waals surface area contributed by atoms with Crippen LogP contribution in [0.2, 0.25) is 0 Å². The SMILES string of the molecule is COc1cn(-c2cccc(C(F)(F)F)c2)nc1C(=O)NC1CCS(=O)(=O)CC1. The Labute approximate surface area is 159 Å². The number of carbonyl (C=O) groups excluding carboxylic acids is 1. The maximum Gasteiger partial charge on any atom is 0.416 e. The number of nitrogens with zero attached hydrogens (tertiary/aromatic N) is 2. The molecule has 0 unspecified atom stereocenters. The second kappa shape index (κ2) is 7.46. The van der Waals surface area contributed by atoms with Crippen molar-refractivity contribution in [3.8, 4) is 11.4 Å². The van der Waals surface area contributed by atoms with Gasteiger partial charge in [-0.3, -0.25) is 4.79 Å². The zero-order valence-corrected chi connectivity index (χ0v) is 15.7. The topological polar surface area (TPSA) is 90.3 Å². The van der Waals surface area contributed by atoms with E-state index in [9.17, 15) is 26.4 Å². The number of alkyl halides is 3. The molecule has 7 nitrogen and oxygen atoms in total. The molecule has 1 amide bonds. The summed E-state index contributed by atoms with van der Waals surface area (Å²) in [6, 6.07) is 4.21. The second-order valence-corrected chi connectivity index (χ2v) is 8.74. The number of halogens is 3. The van der Waals surface area contributed by atoms with E-state index in [4.69, 9.17) is 4.74 Å². The Bertz CT molecular complexity index is 972. The normalized spacial score (nSPS) is 17.3. The molecule has 1 aliphatic heterocycles. The van der Waals surface area contributed by atoms with Crippen molar-refractivity contribution in [2.24, 2.45) is 0 Å². The molecule has 0 bridgehead atoms. The number of hydrogen-bond donors (Lipinski definition) is 1. The number of sulfone groups is 1. The van der Waals surface area contributed by atoms with Crippen LogP contribution in [0.4, 0.5) is 13.2 Å². The highest BCUT2D eigenvalue weighted by Crippen LogP contribution is 2.30. The Balaban J connectivity index is 1.82. The van der Waals surface area contributed by atoms with Crippen LogP contribution in [-0.2, 0) is 16.0 Å². The van der Waals surface area contributed by atoms with E-state index in [1.807, 2.05) is 0 Å². The molecule has 2 aromatic rings. The van der Waals surface area contributed by atoms with E-state index >= 15 is 0 Å². The van der Waals surface area contributed by atoms with Crippen LogP contribution in [-0.4, -0.2) is 48.8 Å². The van der Waals surface area contributed by atoms with Gasteiger partial charge in [0.1, 0.15) is 9.84 Å². The molecule has 3 rings (SSSR count). The van der Waals surface area contributed by atoms with Crippen LogP contribution in [0, 0.1) is 0 Å². The van der Waals surface area contributed by atoms with Gasteiger partial charge in [-0.15, -0.1) is 0 Å². The number of hydrogen-bond acceptors (Lipinski definition) is 5. The molecular weight excluding hydrogens is 399 g/mol. The number of amides is 1. The average molecular weight is 417 g/mol. The predicted molar refractivity (Wildman–Crippen MR) is 94.3 cm³/mol. The molecule has 0 aliphatic carbocycles. The lowest BCUT2D eigenvalue weighted by atomic mass is 10.1. The zero-order valence-electron chi connectivity index (χ0n) is 14.9. The largest absolute Gasteiger partial charge is 0.493 e. The zero-order chi connectivity index (χ0) is 20.5. The van der Waals surface area contributed by atoms with Crippen molar-refractivity contribution >= 4 is 15.7 Å². The maximum atomic E-state index is 12.9. The monoisotopic (exact) mass is 417 g/mol. The van der Waals surface area contributed by atoms with Crippen LogP contribution in [0.3, 0.4) is 0 Å². The molecule has 1 aliphatic rings. The van der Waals surface area contributed by atoms with Crippen molar-refractivity contribution in [3.63, 3.8) is 0 Å². The summed E-state index contributed by atoms with van der Waals surface area (Å²) < 4.78 is 68.0. The number of carbonyl (C=O) groups is 1. The van der Waals surface area contributed by atoms with Gasteiger partial charge < -0.3 is 10.1 Å². The van der Waals surface area contributed by atoms with E-state index in [1.54, 1.807) is 0 Å². The van der Waals surface area contributed by atoms with E-state index in [-0.39, 0.29) is 34.7 Å². The van der Waals surface area contributed by atoms with Crippen LogP contribution in [0.1, 0.15) is 28.9 Å². The summed E-state index contributed by atoms with van der Waals surface area (Å²) in [5.41, 5.74) is -0.807. The van der Waals surface area contributed by atoms with Crippen LogP contribution in [0.5, 0.6) is 5.75 Å². The number of methoxy groups -OCH3 is 1. The molecule has 1 aromatic heterocycles. The van der Waals surface area contributed by atoms with Crippen molar-refractivity contribution < 1.29 is 31.1 Å². The molecule has 0 spiro atoms. The van der Waals surface area contributed by atoms with Gasteiger partial charge in [-0.1, -0.05) is 6.07 Å². The Morgan fingerprint density at radius 3 is 2.57 bits per heavy atom. The van der Waals surface area contributed by atoms with Crippen molar-refractivity contribution in [1.82, 2.24) is 15.1 Å². The first-order valence-electron chi connectivity index (χ1n) is 8.41. The summed E-state index contributed by atoms with van der Waals surface area (Å²) >= 11 is 0. The lowest BCUT2D eigenvalue weighted by Crippen LogP contribution is -2.41. The molecule has 0 atom stereocenters. The molecule has 152 valence electrons. The first-order chi connectivity index (χ1) is 13.1. The fourth-order valence-corrected chi connectivity index (χ4v) is 4.40. The summed E-state index contributed by atoms with van der Waals surface area (Å²) in [7, 11) is -1.75. The summed E-state index contributed by atoms with van der Waals surface area (Å²) in [6.07, 6.45) is -2.60. The lowest BCUT2D eigenvalue weighted by Gasteiger charge is -2.22. The fourth-order valence-electron chi connectivity index (χ4n) is 2.91. The van der Waals surface area contributed by atoms with Gasteiger partial charge in [-0.2, -0.15) is 18.3 Å². The quantitative estimate of drug-likeness (QED) is 0.824. The van der Waals surface area contributed by atoms with Gasteiger partial charge in [-0.25, -0.2) is 13.1 Å². The molecule has 0 radical (unpaired) electrons. The van der Waals surface area contributed by atoms with Crippen molar-refractivity contribution in [3.05, 3.63) is 41.7 Å². The van der Waals surface area contributed by atoms with Crippen molar-refractivity contribution in [2.45, 2.75) is 25.1 Å². The Hall–Kier alpha value is -2.56. The minimum Gasteiger partial charge on any atom is -0.493 e. The summed E-state index contributed by atoms with van der Waals surface area (Å²) in [5, 5.41) is 6.77. The molecule has 2 heterocycles. The molecular formula is C17H18F3N3O4S. The van der Waals surface area contributed by atoms with Gasteiger partial charge in [-0.05, 0) is 31.0 Å². The van der Waals surface area contributed by atoms with Gasteiger partial charge >= 0.3 is 6.18 Å². The molecule has 11 heteroatoms. The Morgan fingerprint density at radius 1 is 1.29 bits per heavy atom. The van der Waals surface area contributed by atoms with Gasteiger partial charge in [0, 0.05) is 6.04 Å². The van der Waals surface area contributed by atoms with E-state index in [0.717, 1.165) is 16.8 Å². The van der Waals surface area contributed by atoms with E-state index < -0.39 is 27.5 Å². The van der Waals surface area contributed by atoms with Crippen molar-refractivity contribution in [1.29, 1.82) is 0 Å². The van der Waals surface area contributed by atoms with Crippen LogP contribution < -0.4 is 10.1 Å². The third kappa shape index (κ3) is 4.46. The van der Waals surface area contributed by atoms with Crippen LogP contribution in [0.25, 0.3) is 5.69 Å². The smallest absolute Gasteiger partial charge is 0.416 e. The minimum atomic E-state index is -4.51. The van der Waals surface area contributed by atoms with E-state index in [1.165, 1.54) is 25.4 Å². The molecule has 1 aromatic carbocycles. The average Bonchev–Trinajstić information content (AvgIpc) is 3.07. The second-order valence-electron chi connectivity index (χ2n) is 6.44.